The summed E-state index contributed by atoms with van der Waals surface area (Å²) in [5.41, 5.74) is -1.45. The summed E-state index contributed by atoms with van der Waals surface area (Å²) in [6.45, 7) is 2.40. The molecule has 3 aromatic rings. The van der Waals surface area contributed by atoms with Crippen LogP contribution in [0.4, 0.5) is 13.2 Å². The number of nitrogens with one attached hydrogen (secondary N) is 1. The molecule has 0 atom stereocenters. The Morgan fingerprint density at radius 3 is 2.66 bits per heavy atom. The summed E-state index contributed by atoms with van der Waals surface area (Å²) in [7, 11) is 1.64. The number of thioether (sulfide) groups is 1. The number of hydrogen-bond acceptors (Lipinski definition) is 4. The molecule has 29 heavy (non-hydrogen) atoms. The number of halogens is 4. The van der Waals surface area contributed by atoms with Crippen molar-refractivity contribution >= 4 is 34.5 Å². The van der Waals surface area contributed by atoms with Gasteiger partial charge in [-0.2, -0.15) is 13.2 Å². The van der Waals surface area contributed by atoms with E-state index >= 15 is 0 Å². The molecule has 11 heteroatoms. The predicted molar refractivity (Wildman–Crippen MR) is 107 cm³/mol. The SMILES string of the molecule is CCCCn1c(=O)[nH]c(=O)c2c1nc(CSc1ccc(Cl)c(C(F)(F)F)c1)n2C. The largest absolute Gasteiger partial charge is 0.417 e. The second-order valence-electron chi connectivity index (χ2n) is 6.45. The van der Waals surface area contributed by atoms with E-state index in [2.05, 4.69) is 9.97 Å². The number of aromatic nitrogens is 4. The summed E-state index contributed by atoms with van der Waals surface area (Å²) in [5.74, 6) is 0.681. The number of fused-ring (bicyclic) bond motifs is 1. The molecule has 0 aliphatic heterocycles. The lowest BCUT2D eigenvalue weighted by Crippen LogP contribution is -2.31. The quantitative estimate of drug-likeness (QED) is 0.576. The molecule has 0 amide bonds. The number of hydrogen-bond donors (Lipinski definition) is 1. The summed E-state index contributed by atoms with van der Waals surface area (Å²) in [6, 6.07) is 3.68. The Bertz CT molecular complexity index is 1170. The molecule has 0 spiro atoms. The van der Waals surface area contributed by atoms with Crippen LogP contribution in [0.3, 0.4) is 0 Å². The third-order valence-electron chi connectivity index (χ3n) is 4.45. The highest BCUT2D eigenvalue weighted by Gasteiger charge is 2.33. The molecular formula is C18H18ClF3N4O2S. The topological polar surface area (TPSA) is 72.7 Å². The second-order valence-corrected chi connectivity index (χ2v) is 7.91. The van der Waals surface area contributed by atoms with Crippen LogP contribution in [0.15, 0.2) is 32.7 Å². The summed E-state index contributed by atoms with van der Waals surface area (Å²) >= 11 is 6.79. The number of nitrogens with zero attached hydrogens (tertiary/aromatic N) is 3. The van der Waals surface area contributed by atoms with Gasteiger partial charge in [-0.3, -0.25) is 14.3 Å². The van der Waals surface area contributed by atoms with Crippen LogP contribution in [0, 0.1) is 0 Å². The van der Waals surface area contributed by atoms with E-state index in [1.165, 1.54) is 16.7 Å². The van der Waals surface area contributed by atoms with Gasteiger partial charge in [-0.1, -0.05) is 24.9 Å². The number of aryl methyl sites for hydroxylation is 2. The summed E-state index contributed by atoms with van der Waals surface area (Å²) in [6.07, 6.45) is -2.94. The zero-order chi connectivity index (χ0) is 21.3. The van der Waals surface area contributed by atoms with Gasteiger partial charge in [0.05, 0.1) is 16.3 Å². The van der Waals surface area contributed by atoms with E-state index in [1.807, 2.05) is 6.92 Å². The van der Waals surface area contributed by atoms with Crippen LogP contribution in [-0.2, 0) is 25.5 Å². The Morgan fingerprint density at radius 1 is 1.28 bits per heavy atom. The van der Waals surface area contributed by atoms with Crippen molar-refractivity contribution in [1.29, 1.82) is 0 Å². The van der Waals surface area contributed by atoms with Gasteiger partial charge in [-0.05, 0) is 24.6 Å². The maximum absolute atomic E-state index is 13.0. The third-order valence-corrected chi connectivity index (χ3v) is 5.77. The van der Waals surface area contributed by atoms with Gasteiger partial charge in [-0.25, -0.2) is 9.78 Å². The molecular weight excluding hydrogens is 429 g/mol. The van der Waals surface area contributed by atoms with Gasteiger partial charge >= 0.3 is 11.9 Å². The fourth-order valence-electron chi connectivity index (χ4n) is 2.90. The molecule has 0 radical (unpaired) electrons. The molecule has 156 valence electrons. The zero-order valence-electron chi connectivity index (χ0n) is 15.6. The average Bonchev–Trinajstić information content (AvgIpc) is 2.96. The van der Waals surface area contributed by atoms with E-state index in [9.17, 15) is 22.8 Å². The molecule has 0 aliphatic carbocycles. The van der Waals surface area contributed by atoms with Crippen molar-refractivity contribution in [3.05, 3.63) is 55.4 Å². The van der Waals surface area contributed by atoms with Gasteiger partial charge in [0.2, 0.25) is 0 Å². The molecule has 0 saturated heterocycles. The summed E-state index contributed by atoms with van der Waals surface area (Å²) in [5, 5.41) is -0.365. The molecule has 6 nitrogen and oxygen atoms in total. The van der Waals surface area contributed by atoms with Crippen molar-refractivity contribution < 1.29 is 13.2 Å². The molecule has 0 bridgehead atoms. The maximum Gasteiger partial charge on any atom is 0.417 e. The highest BCUT2D eigenvalue weighted by Crippen LogP contribution is 2.37. The van der Waals surface area contributed by atoms with E-state index < -0.39 is 23.0 Å². The molecule has 0 aliphatic rings. The molecule has 3 rings (SSSR count). The number of H-pyrrole nitrogens is 1. The van der Waals surface area contributed by atoms with Crippen molar-refractivity contribution in [2.24, 2.45) is 7.05 Å². The van der Waals surface area contributed by atoms with Crippen LogP contribution in [0.1, 0.15) is 31.2 Å². The Hall–Kier alpha value is -2.20. The predicted octanol–water partition coefficient (Wildman–Crippen LogP) is 4.19. The molecule has 2 aromatic heterocycles. The van der Waals surface area contributed by atoms with E-state index in [0.29, 0.717) is 17.3 Å². The molecule has 1 N–H and O–H groups in total. The van der Waals surface area contributed by atoms with Crippen LogP contribution in [0.5, 0.6) is 0 Å². The number of rotatable bonds is 6. The van der Waals surface area contributed by atoms with Gasteiger partial charge in [0.15, 0.2) is 11.2 Å². The van der Waals surface area contributed by atoms with E-state index in [0.717, 1.165) is 30.7 Å². The highest BCUT2D eigenvalue weighted by atomic mass is 35.5. The second kappa shape index (κ2) is 8.27. The highest BCUT2D eigenvalue weighted by molar-refractivity contribution is 7.98. The molecule has 0 fully saturated rings. The first-order valence-electron chi connectivity index (χ1n) is 8.81. The summed E-state index contributed by atoms with van der Waals surface area (Å²) in [4.78, 5) is 31.5. The van der Waals surface area contributed by atoms with Crippen LogP contribution in [0.25, 0.3) is 11.2 Å². The standard InChI is InChI=1S/C18H18ClF3N4O2S/c1-3-4-7-26-15-14(16(27)24-17(26)28)25(2)13(23-15)9-29-10-5-6-12(19)11(8-10)18(20,21)22/h5-6,8H,3-4,7,9H2,1-2H3,(H,24,27,28). The number of imidazole rings is 1. The number of benzene rings is 1. The fourth-order valence-corrected chi connectivity index (χ4v) is 4.05. The van der Waals surface area contributed by atoms with Crippen molar-refractivity contribution in [2.75, 3.05) is 0 Å². The minimum absolute atomic E-state index is 0.214. The van der Waals surface area contributed by atoms with E-state index in [1.54, 1.807) is 11.6 Å². The van der Waals surface area contributed by atoms with Crippen molar-refractivity contribution in [3.8, 4) is 0 Å². The Morgan fingerprint density at radius 2 is 2.00 bits per heavy atom. The smallest absolute Gasteiger partial charge is 0.325 e. The number of aromatic amines is 1. The first-order valence-corrected chi connectivity index (χ1v) is 10.2. The minimum atomic E-state index is -4.55. The Kier molecular flexibility index (Phi) is 6.13. The van der Waals surface area contributed by atoms with Crippen LogP contribution < -0.4 is 11.2 Å². The lowest BCUT2D eigenvalue weighted by atomic mass is 10.2. The van der Waals surface area contributed by atoms with Crippen LogP contribution >= 0.6 is 23.4 Å². The minimum Gasteiger partial charge on any atom is -0.325 e. The molecule has 0 unspecified atom stereocenters. The zero-order valence-corrected chi connectivity index (χ0v) is 17.2. The van der Waals surface area contributed by atoms with Crippen molar-refractivity contribution in [3.63, 3.8) is 0 Å². The van der Waals surface area contributed by atoms with Crippen LogP contribution in [0.2, 0.25) is 5.02 Å². The summed E-state index contributed by atoms with van der Waals surface area (Å²) < 4.78 is 42.1. The molecule has 1 aromatic carbocycles. The third kappa shape index (κ3) is 4.37. The van der Waals surface area contributed by atoms with Gasteiger partial charge in [-0.15, -0.1) is 11.8 Å². The number of unbranched alkanes of at least 4 members (excludes halogenated alkanes) is 1. The van der Waals surface area contributed by atoms with Crippen molar-refractivity contribution in [1.82, 2.24) is 19.1 Å². The molecule has 2 heterocycles. The van der Waals surface area contributed by atoms with E-state index in [-0.39, 0.29) is 21.9 Å². The first kappa shape index (κ1) is 21.5. The van der Waals surface area contributed by atoms with Gasteiger partial charge in [0, 0.05) is 18.5 Å². The van der Waals surface area contributed by atoms with Gasteiger partial charge < -0.3 is 4.57 Å². The number of alkyl halides is 3. The fraction of sp³-hybridized carbons (Fsp3) is 0.389. The maximum atomic E-state index is 13.0. The first-order chi connectivity index (χ1) is 13.6. The Balaban J connectivity index is 1.96. The average molecular weight is 447 g/mol. The van der Waals surface area contributed by atoms with Gasteiger partial charge in [0.1, 0.15) is 5.82 Å². The lowest BCUT2D eigenvalue weighted by Gasteiger charge is -2.10. The monoisotopic (exact) mass is 446 g/mol. The normalized spacial score (nSPS) is 12.1. The van der Waals surface area contributed by atoms with Crippen molar-refractivity contribution in [2.45, 2.75) is 43.1 Å². The Labute approximate surface area is 172 Å². The lowest BCUT2D eigenvalue weighted by molar-refractivity contribution is -0.137. The molecule has 0 saturated carbocycles. The van der Waals surface area contributed by atoms with E-state index in [4.69, 9.17) is 11.6 Å². The van der Waals surface area contributed by atoms with Crippen LogP contribution in [-0.4, -0.2) is 19.1 Å². The van der Waals surface area contributed by atoms with Gasteiger partial charge in [0.25, 0.3) is 5.56 Å².